The Morgan fingerprint density at radius 3 is 2.66 bits per heavy atom. The molecule has 1 aromatic carbocycles. The lowest BCUT2D eigenvalue weighted by Crippen LogP contribution is -2.44. The summed E-state index contributed by atoms with van der Waals surface area (Å²) in [5.74, 6) is -0.963. The quantitative estimate of drug-likeness (QED) is 0.859. The lowest BCUT2D eigenvalue weighted by molar-refractivity contribution is -0.122. The number of anilines is 1. The number of nitrogens with zero attached hydrogens (tertiary/aromatic N) is 4. The molecule has 2 fully saturated rings. The van der Waals surface area contributed by atoms with Crippen molar-refractivity contribution in [2.45, 2.75) is 32.1 Å². The molecule has 1 aliphatic carbocycles. The lowest BCUT2D eigenvalue weighted by Gasteiger charge is -2.35. The van der Waals surface area contributed by atoms with Gasteiger partial charge < -0.3 is 15.5 Å². The van der Waals surface area contributed by atoms with Crippen LogP contribution in [0.3, 0.4) is 0 Å². The van der Waals surface area contributed by atoms with Gasteiger partial charge in [0, 0.05) is 49.3 Å². The van der Waals surface area contributed by atoms with Crippen LogP contribution < -0.4 is 10.6 Å². The number of halogens is 1. The molecule has 4 rings (SSSR count). The second-order valence-electron chi connectivity index (χ2n) is 8.26. The number of hydrogen-bond acceptors (Lipinski definition) is 5. The second kappa shape index (κ2) is 8.06. The molecule has 2 atom stereocenters. The first-order valence-corrected chi connectivity index (χ1v) is 10.3. The van der Waals surface area contributed by atoms with Crippen molar-refractivity contribution >= 4 is 11.6 Å². The standard InChI is InChI=1S/C22H28FN5O/c1-14-12-15(6-7-19(14)28-10-8-27(2)9-11-28)22-25-13-18(23)20(26-22)16-4-3-5-17(16)21(24)29/h6-7,12-13,16-17H,3-5,8-11H2,1-2H3,(H2,24,29). The van der Waals surface area contributed by atoms with Gasteiger partial charge in [0.1, 0.15) is 0 Å². The number of aryl methyl sites for hydroxylation is 1. The van der Waals surface area contributed by atoms with Gasteiger partial charge in [-0.2, -0.15) is 0 Å². The van der Waals surface area contributed by atoms with Gasteiger partial charge in [-0.1, -0.05) is 6.42 Å². The van der Waals surface area contributed by atoms with Gasteiger partial charge in [-0.3, -0.25) is 4.79 Å². The molecule has 154 valence electrons. The number of carbonyl (C=O) groups excluding carboxylic acids is 1. The Kier molecular flexibility index (Phi) is 5.50. The molecule has 2 aliphatic rings. The van der Waals surface area contributed by atoms with E-state index in [2.05, 4.69) is 45.9 Å². The van der Waals surface area contributed by atoms with E-state index in [1.165, 1.54) is 11.9 Å². The van der Waals surface area contributed by atoms with Crippen LogP contribution >= 0.6 is 0 Å². The third-order valence-corrected chi connectivity index (χ3v) is 6.30. The number of rotatable bonds is 4. The molecular formula is C22H28FN5O. The second-order valence-corrected chi connectivity index (χ2v) is 8.26. The van der Waals surface area contributed by atoms with Gasteiger partial charge >= 0.3 is 0 Å². The van der Waals surface area contributed by atoms with Crippen molar-refractivity contribution < 1.29 is 9.18 Å². The van der Waals surface area contributed by atoms with Gasteiger partial charge in [-0.05, 0) is 50.6 Å². The number of nitrogens with two attached hydrogens (primary N) is 1. The third-order valence-electron chi connectivity index (χ3n) is 6.30. The number of amides is 1. The topological polar surface area (TPSA) is 75.3 Å². The molecule has 0 bridgehead atoms. The van der Waals surface area contributed by atoms with E-state index >= 15 is 0 Å². The zero-order valence-electron chi connectivity index (χ0n) is 17.1. The number of benzene rings is 1. The van der Waals surface area contributed by atoms with Crippen LogP contribution in [0.2, 0.25) is 0 Å². The minimum atomic E-state index is -0.460. The molecule has 2 heterocycles. The van der Waals surface area contributed by atoms with Crippen LogP contribution in [-0.2, 0) is 4.79 Å². The average molecular weight is 397 g/mol. The minimum Gasteiger partial charge on any atom is -0.369 e. The Hall–Kier alpha value is -2.54. The lowest BCUT2D eigenvalue weighted by atomic mass is 9.91. The molecule has 2 aromatic rings. The zero-order chi connectivity index (χ0) is 20.5. The molecule has 2 unspecified atom stereocenters. The number of piperazine rings is 1. The maximum Gasteiger partial charge on any atom is 0.221 e. The van der Waals surface area contributed by atoms with Crippen molar-refractivity contribution in [3.8, 4) is 11.4 Å². The molecule has 1 aliphatic heterocycles. The SMILES string of the molecule is Cc1cc(-c2ncc(F)c(C3CCCC3C(N)=O)n2)ccc1N1CCN(C)CC1. The van der Waals surface area contributed by atoms with Crippen LogP contribution in [0.15, 0.2) is 24.4 Å². The van der Waals surface area contributed by atoms with Crippen LogP contribution in [0, 0.1) is 18.7 Å². The van der Waals surface area contributed by atoms with Crippen molar-refractivity contribution in [3.05, 3.63) is 41.5 Å². The number of carbonyl (C=O) groups is 1. The average Bonchev–Trinajstić information content (AvgIpc) is 3.19. The summed E-state index contributed by atoms with van der Waals surface area (Å²) in [6, 6.07) is 6.16. The van der Waals surface area contributed by atoms with Gasteiger partial charge in [0.25, 0.3) is 0 Å². The summed E-state index contributed by atoms with van der Waals surface area (Å²) in [6.45, 7) is 6.19. The highest BCUT2D eigenvalue weighted by atomic mass is 19.1. The van der Waals surface area contributed by atoms with E-state index in [0.717, 1.165) is 50.1 Å². The number of primary amides is 1. The third kappa shape index (κ3) is 3.96. The fraction of sp³-hybridized carbons (Fsp3) is 0.500. The van der Waals surface area contributed by atoms with E-state index in [1.54, 1.807) is 0 Å². The Balaban J connectivity index is 1.62. The Morgan fingerprint density at radius 2 is 1.97 bits per heavy atom. The first-order chi connectivity index (χ1) is 13.9. The molecular weight excluding hydrogens is 369 g/mol. The Morgan fingerprint density at radius 1 is 1.21 bits per heavy atom. The maximum atomic E-state index is 14.5. The van der Waals surface area contributed by atoms with Gasteiger partial charge in [0.2, 0.25) is 5.91 Å². The van der Waals surface area contributed by atoms with Gasteiger partial charge in [0.05, 0.1) is 11.9 Å². The normalized spacial score (nSPS) is 22.8. The molecule has 0 spiro atoms. The van der Waals surface area contributed by atoms with E-state index in [9.17, 15) is 9.18 Å². The van der Waals surface area contributed by atoms with Gasteiger partial charge in [-0.25, -0.2) is 14.4 Å². The number of likely N-dealkylation sites (N-methyl/N-ethyl adjacent to an activating group) is 1. The molecule has 29 heavy (non-hydrogen) atoms. The van der Waals surface area contributed by atoms with Crippen LogP contribution in [0.5, 0.6) is 0 Å². The summed E-state index contributed by atoms with van der Waals surface area (Å²) in [5.41, 5.74) is 9.07. The van der Waals surface area contributed by atoms with Crippen LogP contribution in [0.25, 0.3) is 11.4 Å². The summed E-state index contributed by atoms with van der Waals surface area (Å²) < 4.78 is 14.5. The highest BCUT2D eigenvalue weighted by Gasteiger charge is 2.35. The van der Waals surface area contributed by atoms with Crippen molar-refractivity contribution in [2.75, 3.05) is 38.1 Å². The van der Waals surface area contributed by atoms with Gasteiger partial charge in [-0.15, -0.1) is 0 Å². The van der Waals surface area contributed by atoms with Crippen molar-refractivity contribution in [1.82, 2.24) is 14.9 Å². The molecule has 7 heteroatoms. The summed E-state index contributed by atoms with van der Waals surface area (Å²) in [7, 11) is 2.14. The van der Waals surface area contributed by atoms with E-state index < -0.39 is 5.82 Å². The highest BCUT2D eigenvalue weighted by Crippen LogP contribution is 2.40. The fourth-order valence-corrected chi connectivity index (χ4v) is 4.60. The predicted molar refractivity (Wildman–Crippen MR) is 111 cm³/mol. The predicted octanol–water partition coefficient (Wildman–Crippen LogP) is 2.71. The summed E-state index contributed by atoms with van der Waals surface area (Å²) in [4.78, 5) is 25.2. The number of aromatic nitrogens is 2. The fourth-order valence-electron chi connectivity index (χ4n) is 4.60. The highest BCUT2D eigenvalue weighted by molar-refractivity contribution is 5.78. The summed E-state index contributed by atoms with van der Waals surface area (Å²) in [5, 5.41) is 0. The molecule has 1 saturated carbocycles. The van der Waals surface area contributed by atoms with E-state index in [-0.39, 0.29) is 17.7 Å². The van der Waals surface area contributed by atoms with Crippen molar-refractivity contribution in [2.24, 2.45) is 11.7 Å². The van der Waals surface area contributed by atoms with Crippen LogP contribution in [0.1, 0.15) is 36.4 Å². The van der Waals surface area contributed by atoms with Gasteiger partial charge in [0.15, 0.2) is 11.6 Å². The maximum absolute atomic E-state index is 14.5. The first kappa shape index (κ1) is 19.8. The van der Waals surface area contributed by atoms with E-state index in [1.807, 2.05) is 6.07 Å². The Bertz CT molecular complexity index is 910. The smallest absolute Gasteiger partial charge is 0.221 e. The molecule has 6 nitrogen and oxygen atoms in total. The largest absolute Gasteiger partial charge is 0.369 e. The molecule has 2 N–H and O–H groups in total. The van der Waals surface area contributed by atoms with E-state index in [0.29, 0.717) is 17.9 Å². The molecule has 1 amide bonds. The molecule has 0 radical (unpaired) electrons. The first-order valence-electron chi connectivity index (χ1n) is 10.3. The zero-order valence-corrected chi connectivity index (χ0v) is 17.1. The molecule has 1 aromatic heterocycles. The minimum absolute atomic E-state index is 0.264. The van der Waals surface area contributed by atoms with Crippen molar-refractivity contribution in [1.29, 1.82) is 0 Å². The molecule has 1 saturated heterocycles. The van der Waals surface area contributed by atoms with Crippen LogP contribution in [0.4, 0.5) is 10.1 Å². The van der Waals surface area contributed by atoms with Crippen molar-refractivity contribution in [3.63, 3.8) is 0 Å². The van der Waals surface area contributed by atoms with Crippen LogP contribution in [-0.4, -0.2) is 54.0 Å². The summed E-state index contributed by atoms with van der Waals surface area (Å²) >= 11 is 0. The number of hydrogen-bond donors (Lipinski definition) is 1. The monoisotopic (exact) mass is 397 g/mol. The Labute approximate surface area is 170 Å². The van der Waals surface area contributed by atoms with E-state index in [4.69, 9.17) is 5.73 Å². The summed E-state index contributed by atoms with van der Waals surface area (Å²) in [6.07, 6.45) is 3.49.